The van der Waals surface area contributed by atoms with Crippen LogP contribution in [0.2, 0.25) is 0 Å². The molecule has 3 nitrogen and oxygen atoms in total. The van der Waals surface area contributed by atoms with Crippen LogP contribution in [-0.2, 0) is 0 Å². The van der Waals surface area contributed by atoms with E-state index >= 15 is 0 Å². The Morgan fingerprint density at radius 1 is 1.29 bits per heavy atom. The second-order valence-corrected chi connectivity index (χ2v) is 3.68. The second kappa shape index (κ2) is 4.33. The van der Waals surface area contributed by atoms with E-state index in [-0.39, 0.29) is 17.4 Å². The summed E-state index contributed by atoms with van der Waals surface area (Å²) >= 11 is 0. The van der Waals surface area contributed by atoms with E-state index in [4.69, 9.17) is 5.73 Å². The Morgan fingerprint density at radius 3 is 2.50 bits per heavy atom. The average Bonchev–Trinajstić information content (AvgIpc) is 2.11. The van der Waals surface area contributed by atoms with Gasteiger partial charge >= 0.3 is 0 Å². The van der Waals surface area contributed by atoms with E-state index in [0.717, 1.165) is 12.0 Å². The third kappa shape index (κ3) is 2.17. The van der Waals surface area contributed by atoms with Crippen molar-refractivity contribution in [2.24, 2.45) is 5.73 Å². The number of phenols is 2. The number of phenolic OH excluding ortho intramolecular Hbond substituents is 2. The molecule has 1 unspecified atom stereocenters. The number of hydrogen-bond acceptors (Lipinski definition) is 3. The fraction of sp³-hybridized carbons (Fsp3) is 0.455. The molecular formula is C11H17NO2. The maximum Gasteiger partial charge on any atom is 0.119 e. The fourth-order valence-electron chi connectivity index (χ4n) is 1.50. The van der Waals surface area contributed by atoms with Gasteiger partial charge in [0.15, 0.2) is 0 Å². The van der Waals surface area contributed by atoms with Crippen molar-refractivity contribution in [3.63, 3.8) is 0 Å². The highest BCUT2D eigenvalue weighted by Gasteiger charge is 2.11. The van der Waals surface area contributed by atoms with Crippen molar-refractivity contribution >= 4 is 0 Å². The summed E-state index contributed by atoms with van der Waals surface area (Å²) in [6.07, 6.45) is 0.802. The predicted molar refractivity (Wildman–Crippen MR) is 56.6 cm³/mol. The molecule has 0 aliphatic rings. The smallest absolute Gasteiger partial charge is 0.119 e. The SMILES string of the molecule is Cc1cc(O)c(C(C)CCN)cc1O. The lowest BCUT2D eigenvalue weighted by Crippen LogP contribution is -2.04. The van der Waals surface area contributed by atoms with Crippen LogP contribution < -0.4 is 5.73 Å². The normalized spacial score (nSPS) is 12.8. The molecule has 14 heavy (non-hydrogen) atoms. The minimum absolute atomic E-state index is 0.173. The summed E-state index contributed by atoms with van der Waals surface area (Å²) in [4.78, 5) is 0. The van der Waals surface area contributed by atoms with Gasteiger partial charge in [0, 0.05) is 5.56 Å². The molecule has 1 aromatic carbocycles. The second-order valence-electron chi connectivity index (χ2n) is 3.68. The lowest BCUT2D eigenvalue weighted by Gasteiger charge is -2.13. The number of benzene rings is 1. The van der Waals surface area contributed by atoms with Crippen LogP contribution in [0.4, 0.5) is 0 Å². The molecule has 4 N–H and O–H groups in total. The van der Waals surface area contributed by atoms with Gasteiger partial charge in [-0.25, -0.2) is 0 Å². The molecule has 0 aliphatic carbocycles. The molecule has 0 fully saturated rings. The number of rotatable bonds is 3. The lowest BCUT2D eigenvalue weighted by atomic mass is 9.95. The first-order chi connectivity index (χ1) is 6.56. The zero-order chi connectivity index (χ0) is 10.7. The lowest BCUT2D eigenvalue weighted by molar-refractivity contribution is 0.445. The van der Waals surface area contributed by atoms with Gasteiger partial charge in [0.25, 0.3) is 0 Å². The Balaban J connectivity index is 3.02. The van der Waals surface area contributed by atoms with E-state index in [1.54, 1.807) is 19.1 Å². The van der Waals surface area contributed by atoms with Crippen LogP contribution in [0.3, 0.4) is 0 Å². The summed E-state index contributed by atoms with van der Waals surface area (Å²) in [6.45, 7) is 4.32. The highest BCUT2D eigenvalue weighted by molar-refractivity contribution is 5.45. The number of hydrogen-bond donors (Lipinski definition) is 3. The van der Waals surface area contributed by atoms with Crippen molar-refractivity contribution in [1.82, 2.24) is 0 Å². The van der Waals surface area contributed by atoms with E-state index in [0.29, 0.717) is 12.1 Å². The zero-order valence-corrected chi connectivity index (χ0v) is 8.62. The van der Waals surface area contributed by atoms with Gasteiger partial charge in [-0.3, -0.25) is 0 Å². The molecule has 1 aromatic rings. The summed E-state index contributed by atoms with van der Waals surface area (Å²) < 4.78 is 0. The Morgan fingerprint density at radius 2 is 1.93 bits per heavy atom. The van der Waals surface area contributed by atoms with Crippen molar-refractivity contribution < 1.29 is 10.2 Å². The quantitative estimate of drug-likeness (QED) is 0.645. The van der Waals surface area contributed by atoms with Crippen molar-refractivity contribution in [1.29, 1.82) is 0 Å². The maximum atomic E-state index is 9.66. The summed E-state index contributed by atoms with van der Waals surface area (Å²) in [7, 11) is 0. The third-order valence-corrected chi connectivity index (χ3v) is 2.48. The van der Waals surface area contributed by atoms with E-state index in [1.165, 1.54) is 0 Å². The molecule has 78 valence electrons. The Labute approximate surface area is 84.2 Å². The van der Waals surface area contributed by atoms with E-state index in [1.807, 2.05) is 6.92 Å². The largest absolute Gasteiger partial charge is 0.508 e. The minimum Gasteiger partial charge on any atom is -0.508 e. The first kappa shape index (κ1) is 10.9. The van der Waals surface area contributed by atoms with Gasteiger partial charge in [-0.2, -0.15) is 0 Å². The number of aryl methyl sites for hydroxylation is 1. The first-order valence-corrected chi connectivity index (χ1v) is 4.78. The molecule has 0 radical (unpaired) electrons. The van der Waals surface area contributed by atoms with Gasteiger partial charge in [0.05, 0.1) is 0 Å². The van der Waals surface area contributed by atoms with Gasteiger partial charge in [-0.15, -0.1) is 0 Å². The molecule has 0 heterocycles. The van der Waals surface area contributed by atoms with Gasteiger partial charge in [0.2, 0.25) is 0 Å². The zero-order valence-electron chi connectivity index (χ0n) is 8.62. The molecule has 0 aliphatic heterocycles. The topological polar surface area (TPSA) is 66.5 Å². The average molecular weight is 195 g/mol. The molecular weight excluding hydrogens is 178 g/mol. The van der Waals surface area contributed by atoms with E-state index in [9.17, 15) is 10.2 Å². The molecule has 3 heteroatoms. The van der Waals surface area contributed by atoms with Crippen molar-refractivity contribution in [3.8, 4) is 11.5 Å². The van der Waals surface area contributed by atoms with Gasteiger partial charge in [-0.05, 0) is 43.5 Å². The van der Waals surface area contributed by atoms with Gasteiger partial charge < -0.3 is 15.9 Å². The van der Waals surface area contributed by atoms with Crippen LogP contribution in [0.5, 0.6) is 11.5 Å². The summed E-state index contributed by atoms with van der Waals surface area (Å²) in [5.74, 6) is 0.634. The summed E-state index contributed by atoms with van der Waals surface area (Å²) in [5, 5.41) is 19.2. The summed E-state index contributed by atoms with van der Waals surface area (Å²) in [6, 6.07) is 3.20. The first-order valence-electron chi connectivity index (χ1n) is 4.78. The van der Waals surface area contributed by atoms with E-state index < -0.39 is 0 Å². The minimum atomic E-state index is 0.173. The van der Waals surface area contributed by atoms with Crippen LogP contribution in [-0.4, -0.2) is 16.8 Å². The molecule has 0 saturated heterocycles. The molecule has 0 amide bonds. The van der Waals surface area contributed by atoms with Crippen LogP contribution in [0, 0.1) is 6.92 Å². The van der Waals surface area contributed by atoms with Crippen molar-refractivity contribution in [2.75, 3.05) is 6.54 Å². The summed E-state index contributed by atoms with van der Waals surface area (Å²) in [5.41, 5.74) is 6.89. The molecule has 0 saturated carbocycles. The molecule has 0 bridgehead atoms. The van der Waals surface area contributed by atoms with Crippen LogP contribution >= 0.6 is 0 Å². The van der Waals surface area contributed by atoms with Gasteiger partial charge in [0.1, 0.15) is 11.5 Å². The monoisotopic (exact) mass is 195 g/mol. The Kier molecular flexibility index (Phi) is 3.36. The number of nitrogens with two attached hydrogens (primary N) is 1. The molecule has 0 spiro atoms. The highest BCUT2D eigenvalue weighted by atomic mass is 16.3. The Hall–Kier alpha value is -1.22. The van der Waals surface area contributed by atoms with Crippen LogP contribution in [0.1, 0.15) is 30.4 Å². The standard InChI is InChI=1S/C11H17NO2/c1-7(3-4-12)9-6-10(13)8(2)5-11(9)14/h5-7,13-14H,3-4,12H2,1-2H3. The predicted octanol–water partition coefficient (Wildman–Crippen LogP) is 1.86. The third-order valence-electron chi connectivity index (χ3n) is 2.48. The van der Waals surface area contributed by atoms with Crippen LogP contribution in [0.15, 0.2) is 12.1 Å². The number of aromatic hydroxyl groups is 2. The molecule has 1 atom stereocenters. The maximum absolute atomic E-state index is 9.66. The molecule has 1 rings (SSSR count). The van der Waals surface area contributed by atoms with Crippen molar-refractivity contribution in [3.05, 3.63) is 23.3 Å². The molecule has 0 aromatic heterocycles. The van der Waals surface area contributed by atoms with Crippen molar-refractivity contribution in [2.45, 2.75) is 26.2 Å². The fourth-order valence-corrected chi connectivity index (χ4v) is 1.50. The van der Waals surface area contributed by atoms with E-state index in [2.05, 4.69) is 0 Å². The Bertz CT molecular complexity index is 323. The van der Waals surface area contributed by atoms with Crippen LogP contribution in [0.25, 0.3) is 0 Å². The highest BCUT2D eigenvalue weighted by Crippen LogP contribution is 2.32. The van der Waals surface area contributed by atoms with Gasteiger partial charge in [-0.1, -0.05) is 6.92 Å².